The Bertz CT molecular complexity index is 867. The number of nitrogens with two attached hydrogens (primary N) is 1. The van der Waals surface area contributed by atoms with Crippen molar-refractivity contribution in [2.45, 2.75) is 6.42 Å². The number of nitrogens with one attached hydrogen (secondary N) is 1. The van der Waals surface area contributed by atoms with Crippen LogP contribution >= 0.6 is 0 Å². The zero-order valence-electron chi connectivity index (χ0n) is 14.6. The molecule has 0 aliphatic heterocycles. The first-order valence-electron chi connectivity index (χ1n) is 8.31. The molecule has 2 heterocycles. The van der Waals surface area contributed by atoms with E-state index < -0.39 is 5.91 Å². The lowest BCUT2D eigenvalue weighted by atomic mass is 10.1. The third-order valence-corrected chi connectivity index (χ3v) is 4.04. The van der Waals surface area contributed by atoms with Gasteiger partial charge in [0, 0.05) is 30.2 Å². The monoisotopic (exact) mass is 337 g/mol. The molecule has 3 aromatic rings. The normalized spacial score (nSPS) is 11.2. The molecule has 3 rings (SSSR count). The molecule has 1 amide bonds. The largest absolute Gasteiger partial charge is 0.385 e. The molecule has 130 valence electrons. The average molecular weight is 337 g/mol. The Kier molecular flexibility index (Phi) is 5.00. The number of carbonyl (C=O) groups is 1. The highest BCUT2D eigenvalue weighted by Gasteiger charge is 2.11. The number of carbonyl (C=O) groups excluding carboxylic acids is 1. The third kappa shape index (κ3) is 3.97. The van der Waals surface area contributed by atoms with E-state index in [9.17, 15) is 4.79 Å². The Labute approximate surface area is 147 Å². The Balaban J connectivity index is 1.75. The van der Waals surface area contributed by atoms with Gasteiger partial charge < -0.3 is 20.4 Å². The van der Waals surface area contributed by atoms with E-state index in [1.165, 1.54) is 0 Å². The molecule has 25 heavy (non-hydrogen) atoms. The number of primary amides is 1. The highest BCUT2D eigenvalue weighted by atomic mass is 16.1. The van der Waals surface area contributed by atoms with E-state index in [0.717, 1.165) is 36.5 Å². The lowest BCUT2D eigenvalue weighted by Gasteiger charge is -2.10. The second-order valence-electron chi connectivity index (χ2n) is 6.30. The molecule has 0 unspecified atom stereocenters. The van der Waals surface area contributed by atoms with Crippen molar-refractivity contribution in [2.75, 3.05) is 32.5 Å². The molecule has 0 radical (unpaired) electrons. The minimum atomic E-state index is -0.472. The van der Waals surface area contributed by atoms with Crippen LogP contribution < -0.4 is 11.1 Å². The predicted octanol–water partition coefficient (Wildman–Crippen LogP) is 2.46. The van der Waals surface area contributed by atoms with Gasteiger partial charge in [-0.1, -0.05) is 12.1 Å². The number of nitrogens with zero attached hydrogens (tertiary/aromatic N) is 3. The van der Waals surface area contributed by atoms with Crippen LogP contribution in [0.2, 0.25) is 0 Å². The first kappa shape index (κ1) is 17.0. The average Bonchev–Trinajstić information content (AvgIpc) is 3.03. The smallest absolute Gasteiger partial charge is 0.252 e. The molecule has 0 aliphatic rings. The van der Waals surface area contributed by atoms with Gasteiger partial charge in [0.05, 0.1) is 11.3 Å². The highest BCUT2D eigenvalue weighted by molar-refractivity contribution is 5.98. The van der Waals surface area contributed by atoms with Gasteiger partial charge in [-0.2, -0.15) is 0 Å². The maximum Gasteiger partial charge on any atom is 0.252 e. The fraction of sp³-hybridized carbons (Fsp3) is 0.263. The molecular weight excluding hydrogens is 314 g/mol. The van der Waals surface area contributed by atoms with Crippen LogP contribution in [0.4, 0.5) is 5.69 Å². The van der Waals surface area contributed by atoms with Crippen molar-refractivity contribution in [3.8, 4) is 11.3 Å². The van der Waals surface area contributed by atoms with Crippen LogP contribution in [-0.2, 0) is 0 Å². The molecule has 0 aliphatic carbocycles. The second-order valence-corrected chi connectivity index (χ2v) is 6.30. The molecule has 6 heteroatoms. The lowest BCUT2D eigenvalue weighted by Crippen LogP contribution is -2.16. The number of fused-ring (bicyclic) bond motifs is 1. The number of anilines is 1. The van der Waals surface area contributed by atoms with Crippen molar-refractivity contribution in [2.24, 2.45) is 5.73 Å². The van der Waals surface area contributed by atoms with E-state index in [2.05, 4.69) is 29.3 Å². The van der Waals surface area contributed by atoms with Crippen LogP contribution in [0, 0.1) is 0 Å². The Morgan fingerprint density at radius 2 is 2.00 bits per heavy atom. The van der Waals surface area contributed by atoms with Crippen molar-refractivity contribution < 1.29 is 4.79 Å². The van der Waals surface area contributed by atoms with Crippen molar-refractivity contribution in [3.05, 3.63) is 54.4 Å². The van der Waals surface area contributed by atoms with Crippen LogP contribution in [0.5, 0.6) is 0 Å². The summed E-state index contributed by atoms with van der Waals surface area (Å²) in [4.78, 5) is 18.3. The second kappa shape index (κ2) is 7.36. The maximum absolute atomic E-state index is 11.5. The zero-order valence-corrected chi connectivity index (χ0v) is 14.6. The number of amides is 1. The predicted molar refractivity (Wildman–Crippen MR) is 101 cm³/mol. The molecule has 0 fully saturated rings. The van der Waals surface area contributed by atoms with E-state index in [-0.39, 0.29) is 0 Å². The summed E-state index contributed by atoms with van der Waals surface area (Å²) in [6.45, 7) is 2.00. The van der Waals surface area contributed by atoms with Gasteiger partial charge in [-0.05, 0) is 51.3 Å². The lowest BCUT2D eigenvalue weighted by molar-refractivity contribution is 0.100. The van der Waals surface area contributed by atoms with E-state index in [4.69, 9.17) is 5.73 Å². The van der Waals surface area contributed by atoms with Crippen molar-refractivity contribution >= 4 is 17.2 Å². The molecule has 0 atom stereocenters. The molecule has 1 aromatic carbocycles. The maximum atomic E-state index is 11.5. The number of aromatic nitrogens is 2. The van der Waals surface area contributed by atoms with Crippen LogP contribution in [-0.4, -0.2) is 47.4 Å². The fourth-order valence-electron chi connectivity index (χ4n) is 2.73. The zero-order chi connectivity index (χ0) is 17.8. The summed E-state index contributed by atoms with van der Waals surface area (Å²) in [6.07, 6.45) is 4.86. The molecular formula is C19H23N5O. The Hall–Kier alpha value is -2.86. The number of hydrogen-bond acceptors (Lipinski definition) is 4. The molecule has 0 bridgehead atoms. The van der Waals surface area contributed by atoms with E-state index in [1.54, 1.807) is 12.1 Å². The highest BCUT2D eigenvalue weighted by Crippen LogP contribution is 2.22. The first-order chi connectivity index (χ1) is 12.0. The standard InChI is InChI=1S/C19H23N5O/c1-23(2)11-4-10-21-15-8-6-14(7-9-15)17-13-24-12-3-5-16(18(20)25)19(24)22-17/h3,5-9,12-13,21H,4,10-11H2,1-2H3,(H2,20,25). The van der Waals surface area contributed by atoms with Crippen molar-refractivity contribution in [3.63, 3.8) is 0 Å². The van der Waals surface area contributed by atoms with Crippen LogP contribution in [0.3, 0.4) is 0 Å². The number of rotatable bonds is 7. The molecule has 2 aromatic heterocycles. The minimum Gasteiger partial charge on any atom is -0.385 e. The summed E-state index contributed by atoms with van der Waals surface area (Å²) in [7, 11) is 4.15. The summed E-state index contributed by atoms with van der Waals surface area (Å²) in [6, 6.07) is 11.6. The van der Waals surface area contributed by atoms with E-state index in [1.807, 2.05) is 41.1 Å². The molecule has 0 spiro atoms. The quantitative estimate of drug-likeness (QED) is 0.650. The number of imidazole rings is 1. The molecule has 0 saturated heterocycles. The van der Waals surface area contributed by atoms with Gasteiger partial charge >= 0.3 is 0 Å². The van der Waals surface area contributed by atoms with E-state index >= 15 is 0 Å². The number of benzene rings is 1. The molecule has 3 N–H and O–H groups in total. The summed E-state index contributed by atoms with van der Waals surface area (Å²) in [5.74, 6) is -0.472. The number of pyridine rings is 1. The SMILES string of the molecule is CN(C)CCCNc1ccc(-c2cn3cccc(C(N)=O)c3n2)cc1. The van der Waals surface area contributed by atoms with Crippen molar-refractivity contribution in [1.82, 2.24) is 14.3 Å². The minimum absolute atomic E-state index is 0.424. The topological polar surface area (TPSA) is 75.7 Å². The molecule has 0 saturated carbocycles. The van der Waals surface area contributed by atoms with Gasteiger partial charge in [0.25, 0.3) is 5.91 Å². The van der Waals surface area contributed by atoms with E-state index in [0.29, 0.717) is 11.2 Å². The first-order valence-corrected chi connectivity index (χ1v) is 8.31. The van der Waals surface area contributed by atoms with Gasteiger partial charge in [0.2, 0.25) is 0 Å². The van der Waals surface area contributed by atoms with Gasteiger partial charge in [0.1, 0.15) is 5.65 Å². The van der Waals surface area contributed by atoms with Gasteiger partial charge in [0.15, 0.2) is 0 Å². The van der Waals surface area contributed by atoms with Crippen molar-refractivity contribution in [1.29, 1.82) is 0 Å². The van der Waals surface area contributed by atoms with Gasteiger partial charge in [-0.15, -0.1) is 0 Å². The summed E-state index contributed by atoms with van der Waals surface area (Å²) >= 11 is 0. The Morgan fingerprint density at radius 1 is 1.24 bits per heavy atom. The summed E-state index contributed by atoms with van der Waals surface area (Å²) in [5.41, 5.74) is 9.32. The summed E-state index contributed by atoms with van der Waals surface area (Å²) in [5, 5.41) is 3.42. The third-order valence-electron chi connectivity index (χ3n) is 4.04. The van der Waals surface area contributed by atoms with Crippen LogP contribution in [0.25, 0.3) is 16.9 Å². The summed E-state index contributed by atoms with van der Waals surface area (Å²) < 4.78 is 1.82. The van der Waals surface area contributed by atoms with Crippen LogP contribution in [0.1, 0.15) is 16.8 Å². The molecule has 6 nitrogen and oxygen atoms in total. The fourth-order valence-corrected chi connectivity index (χ4v) is 2.73. The van der Waals surface area contributed by atoms with Crippen LogP contribution in [0.15, 0.2) is 48.8 Å². The Morgan fingerprint density at radius 3 is 2.68 bits per heavy atom. The van der Waals surface area contributed by atoms with Gasteiger partial charge in [-0.25, -0.2) is 4.98 Å². The number of hydrogen-bond donors (Lipinski definition) is 2. The van der Waals surface area contributed by atoms with Gasteiger partial charge in [-0.3, -0.25) is 4.79 Å².